The number of benzene rings is 1. The maximum absolute atomic E-state index is 13.3. The van der Waals surface area contributed by atoms with E-state index >= 15 is 0 Å². The number of aromatic nitrogens is 2. The van der Waals surface area contributed by atoms with Gasteiger partial charge in [0, 0.05) is 24.7 Å². The first kappa shape index (κ1) is 31.2. The minimum atomic E-state index is -1.31. The van der Waals surface area contributed by atoms with E-state index < -0.39 is 54.0 Å². The third-order valence-corrected chi connectivity index (χ3v) is 6.00. The first-order chi connectivity index (χ1) is 18.5. The molecule has 0 spiro atoms. The molecule has 2 rings (SSSR count). The summed E-state index contributed by atoms with van der Waals surface area (Å²) >= 11 is 0. The van der Waals surface area contributed by atoms with Crippen molar-refractivity contribution in [2.24, 2.45) is 11.5 Å². The van der Waals surface area contributed by atoms with Gasteiger partial charge in [-0.1, -0.05) is 12.1 Å². The summed E-state index contributed by atoms with van der Waals surface area (Å²) in [6.07, 6.45) is 2.82. The molecule has 2 aromatic rings. The van der Waals surface area contributed by atoms with Crippen LogP contribution in [0, 0.1) is 0 Å². The number of imidazole rings is 1. The molecule has 3 amide bonds. The fourth-order valence-electron chi connectivity index (χ4n) is 3.69. The molecular formula is C25H37N7O7. The molecule has 0 radical (unpaired) electrons. The van der Waals surface area contributed by atoms with Gasteiger partial charge in [-0.2, -0.15) is 0 Å². The van der Waals surface area contributed by atoms with E-state index in [4.69, 9.17) is 11.5 Å². The number of aromatic hydroxyl groups is 1. The van der Waals surface area contributed by atoms with E-state index in [2.05, 4.69) is 25.9 Å². The molecule has 0 aliphatic rings. The molecule has 5 unspecified atom stereocenters. The summed E-state index contributed by atoms with van der Waals surface area (Å²) in [7, 11) is 0. The molecule has 0 saturated heterocycles. The molecule has 214 valence electrons. The van der Waals surface area contributed by atoms with Crippen molar-refractivity contribution in [1.82, 2.24) is 25.9 Å². The van der Waals surface area contributed by atoms with E-state index in [9.17, 15) is 34.5 Å². The van der Waals surface area contributed by atoms with Crippen molar-refractivity contribution in [3.8, 4) is 5.75 Å². The SMILES string of the molecule is CC(O)C(N)C(=O)NC(Cc1cnc[nH]1)C(=O)NC(CCCCN)C(=O)NC(Cc1ccc(O)cc1)C(=O)O. The molecule has 0 saturated carbocycles. The largest absolute Gasteiger partial charge is 0.508 e. The Labute approximate surface area is 225 Å². The zero-order valence-corrected chi connectivity index (χ0v) is 21.7. The molecule has 11 N–H and O–H groups in total. The number of rotatable bonds is 16. The number of hydrogen-bond donors (Lipinski definition) is 9. The molecule has 14 heteroatoms. The van der Waals surface area contributed by atoms with Gasteiger partial charge in [0.15, 0.2) is 0 Å². The fraction of sp³-hybridized carbons (Fsp3) is 0.480. The van der Waals surface area contributed by atoms with Gasteiger partial charge in [0.1, 0.15) is 29.9 Å². The Hall–Kier alpha value is -4.01. The van der Waals surface area contributed by atoms with E-state index in [-0.39, 0.29) is 25.0 Å². The maximum Gasteiger partial charge on any atom is 0.326 e. The monoisotopic (exact) mass is 547 g/mol. The highest BCUT2D eigenvalue weighted by atomic mass is 16.4. The quantitative estimate of drug-likeness (QED) is 0.108. The van der Waals surface area contributed by atoms with Gasteiger partial charge >= 0.3 is 5.97 Å². The predicted molar refractivity (Wildman–Crippen MR) is 140 cm³/mol. The third-order valence-electron chi connectivity index (χ3n) is 6.00. The Bertz CT molecular complexity index is 1080. The van der Waals surface area contributed by atoms with Crippen molar-refractivity contribution >= 4 is 23.7 Å². The predicted octanol–water partition coefficient (Wildman–Crippen LogP) is -1.72. The number of amides is 3. The van der Waals surface area contributed by atoms with Gasteiger partial charge < -0.3 is 47.7 Å². The summed E-state index contributed by atoms with van der Waals surface area (Å²) < 4.78 is 0. The lowest BCUT2D eigenvalue weighted by molar-refractivity contribution is -0.142. The van der Waals surface area contributed by atoms with Gasteiger partial charge in [0.05, 0.1) is 12.4 Å². The number of aliphatic carboxylic acids is 1. The van der Waals surface area contributed by atoms with Gasteiger partial charge in [0.25, 0.3) is 0 Å². The van der Waals surface area contributed by atoms with Crippen LogP contribution in [-0.2, 0) is 32.0 Å². The number of carboxylic acid groups (broad SMARTS) is 1. The molecule has 39 heavy (non-hydrogen) atoms. The second kappa shape index (κ2) is 15.4. The number of phenolic OH excluding ortho intramolecular Hbond substituents is 1. The van der Waals surface area contributed by atoms with E-state index in [0.29, 0.717) is 30.6 Å². The number of unbranched alkanes of at least 4 members (excludes halogenated alkanes) is 1. The van der Waals surface area contributed by atoms with Crippen LogP contribution in [0.4, 0.5) is 0 Å². The van der Waals surface area contributed by atoms with Crippen LogP contribution in [0.3, 0.4) is 0 Å². The van der Waals surface area contributed by atoms with Crippen molar-refractivity contribution in [3.05, 3.63) is 48.0 Å². The minimum absolute atomic E-state index is 0.0140. The zero-order chi connectivity index (χ0) is 28.9. The Kier molecular flexibility index (Phi) is 12.3. The highest BCUT2D eigenvalue weighted by molar-refractivity contribution is 5.94. The van der Waals surface area contributed by atoms with Crippen LogP contribution in [0.15, 0.2) is 36.8 Å². The van der Waals surface area contributed by atoms with Crippen LogP contribution in [-0.4, -0.2) is 85.8 Å². The number of nitrogens with two attached hydrogens (primary N) is 2. The van der Waals surface area contributed by atoms with Gasteiger partial charge in [0.2, 0.25) is 17.7 Å². The number of carboxylic acids is 1. The Morgan fingerprint density at radius 1 is 0.949 bits per heavy atom. The van der Waals surface area contributed by atoms with Crippen molar-refractivity contribution < 1.29 is 34.5 Å². The second-order valence-corrected chi connectivity index (χ2v) is 9.22. The molecule has 1 aromatic carbocycles. The van der Waals surface area contributed by atoms with Crippen LogP contribution >= 0.6 is 0 Å². The van der Waals surface area contributed by atoms with Crippen LogP contribution in [0.2, 0.25) is 0 Å². The molecule has 0 aliphatic heterocycles. The molecular weight excluding hydrogens is 510 g/mol. The smallest absolute Gasteiger partial charge is 0.326 e. The lowest BCUT2D eigenvalue weighted by Gasteiger charge is -2.25. The first-order valence-electron chi connectivity index (χ1n) is 12.5. The Morgan fingerprint density at radius 3 is 2.13 bits per heavy atom. The minimum Gasteiger partial charge on any atom is -0.508 e. The lowest BCUT2D eigenvalue weighted by atomic mass is 10.0. The average molecular weight is 548 g/mol. The number of carbonyl (C=O) groups excluding carboxylic acids is 3. The summed E-state index contributed by atoms with van der Waals surface area (Å²) in [6.45, 7) is 1.69. The summed E-state index contributed by atoms with van der Waals surface area (Å²) in [5.74, 6) is -3.47. The number of aliphatic hydroxyl groups is 1. The number of carbonyl (C=O) groups is 4. The van der Waals surface area contributed by atoms with E-state index in [0.717, 1.165) is 0 Å². The number of aliphatic hydroxyl groups excluding tert-OH is 1. The van der Waals surface area contributed by atoms with Crippen molar-refractivity contribution in [2.75, 3.05) is 6.54 Å². The van der Waals surface area contributed by atoms with Gasteiger partial charge in [-0.05, 0) is 50.4 Å². The standard InChI is InChI=1S/C25H37N7O7/c1-14(33)21(27)24(37)31-19(11-16-12-28-13-29-16)23(36)30-18(4-2-3-9-26)22(35)32-20(25(38)39)10-15-5-7-17(34)8-6-15/h5-8,12-14,18-21,33-34H,2-4,9-11,26-27H2,1H3,(H,28,29)(H,30,36)(H,31,37)(H,32,35)(H,38,39). The van der Waals surface area contributed by atoms with Gasteiger partial charge in [-0.25, -0.2) is 9.78 Å². The maximum atomic E-state index is 13.3. The molecule has 1 heterocycles. The van der Waals surface area contributed by atoms with Gasteiger partial charge in [-0.15, -0.1) is 0 Å². The molecule has 0 fully saturated rings. The second-order valence-electron chi connectivity index (χ2n) is 9.22. The number of H-pyrrole nitrogens is 1. The van der Waals surface area contributed by atoms with Crippen molar-refractivity contribution in [2.45, 2.75) is 69.3 Å². The normalized spacial score (nSPS) is 14.9. The third kappa shape index (κ3) is 10.3. The van der Waals surface area contributed by atoms with E-state index in [1.54, 1.807) is 12.1 Å². The molecule has 5 atom stereocenters. The van der Waals surface area contributed by atoms with Crippen molar-refractivity contribution in [1.29, 1.82) is 0 Å². The zero-order valence-electron chi connectivity index (χ0n) is 21.7. The number of nitrogens with one attached hydrogen (secondary N) is 4. The highest BCUT2D eigenvalue weighted by Gasteiger charge is 2.31. The lowest BCUT2D eigenvalue weighted by Crippen LogP contribution is -2.58. The first-order valence-corrected chi connectivity index (χ1v) is 12.5. The summed E-state index contributed by atoms with van der Waals surface area (Å²) in [6, 6.07) is 0.990. The summed E-state index contributed by atoms with van der Waals surface area (Å²) in [5, 5.41) is 36.4. The Morgan fingerprint density at radius 2 is 1.56 bits per heavy atom. The topological polar surface area (TPSA) is 246 Å². The summed E-state index contributed by atoms with van der Waals surface area (Å²) in [4.78, 5) is 57.6. The van der Waals surface area contributed by atoms with Crippen LogP contribution in [0.5, 0.6) is 5.75 Å². The van der Waals surface area contributed by atoms with Crippen LogP contribution < -0.4 is 27.4 Å². The number of hydrogen-bond acceptors (Lipinski definition) is 9. The number of aromatic amines is 1. The van der Waals surface area contributed by atoms with Crippen molar-refractivity contribution in [3.63, 3.8) is 0 Å². The van der Waals surface area contributed by atoms with Crippen LogP contribution in [0.1, 0.15) is 37.4 Å². The van der Waals surface area contributed by atoms with E-state index in [1.165, 1.54) is 31.6 Å². The molecule has 14 nitrogen and oxygen atoms in total. The number of phenols is 1. The van der Waals surface area contributed by atoms with Gasteiger partial charge in [-0.3, -0.25) is 14.4 Å². The molecule has 1 aromatic heterocycles. The summed E-state index contributed by atoms with van der Waals surface area (Å²) in [5.41, 5.74) is 12.4. The highest BCUT2D eigenvalue weighted by Crippen LogP contribution is 2.12. The van der Waals surface area contributed by atoms with Crippen LogP contribution in [0.25, 0.3) is 0 Å². The number of nitrogens with zero attached hydrogens (tertiary/aromatic N) is 1. The fourth-order valence-corrected chi connectivity index (χ4v) is 3.69. The van der Waals surface area contributed by atoms with E-state index in [1.807, 2.05) is 0 Å². The molecule has 0 bridgehead atoms. The molecule has 0 aliphatic carbocycles. The average Bonchev–Trinajstić information content (AvgIpc) is 3.41. The Balaban J connectivity index is 2.19.